The number of aromatic nitrogens is 1. The van der Waals surface area contributed by atoms with Gasteiger partial charge in [0.15, 0.2) is 0 Å². The molecular formula is C11H13F3N2OS. The monoisotopic (exact) mass is 278 g/mol. The summed E-state index contributed by atoms with van der Waals surface area (Å²) in [6, 6.07) is -0.134. The lowest BCUT2D eigenvalue weighted by molar-refractivity contribution is -0.149. The lowest BCUT2D eigenvalue weighted by Gasteiger charge is -2.23. The number of thiazole rings is 1. The van der Waals surface area contributed by atoms with Gasteiger partial charge >= 0.3 is 6.18 Å². The zero-order chi connectivity index (χ0) is 13.2. The third-order valence-corrected chi connectivity index (χ3v) is 3.81. The molecule has 1 aliphatic rings. The number of carbonyl (C=O) groups excluding carboxylic acids is 1. The number of hydrogen-bond acceptors (Lipinski definition) is 3. The summed E-state index contributed by atoms with van der Waals surface area (Å²) < 4.78 is 36.3. The average Bonchev–Trinajstić information content (AvgIpc) is 2.94. The molecule has 0 aliphatic carbocycles. The van der Waals surface area contributed by atoms with E-state index in [2.05, 4.69) is 4.98 Å². The Morgan fingerprint density at radius 3 is 2.94 bits per heavy atom. The molecule has 1 fully saturated rings. The number of hydrogen-bond donors (Lipinski definition) is 0. The van der Waals surface area contributed by atoms with Crippen LogP contribution in [0.1, 0.15) is 36.7 Å². The summed E-state index contributed by atoms with van der Waals surface area (Å²) in [7, 11) is 0. The number of nitrogens with zero attached hydrogens (tertiary/aromatic N) is 2. The molecule has 1 amide bonds. The van der Waals surface area contributed by atoms with Gasteiger partial charge in [-0.15, -0.1) is 11.3 Å². The molecule has 0 bridgehead atoms. The van der Waals surface area contributed by atoms with Crippen LogP contribution in [0.4, 0.5) is 13.2 Å². The van der Waals surface area contributed by atoms with Gasteiger partial charge in [0, 0.05) is 24.5 Å². The predicted octanol–water partition coefficient (Wildman–Crippen LogP) is 3.15. The summed E-state index contributed by atoms with van der Waals surface area (Å²) in [5, 5.41) is 2.62. The molecule has 0 saturated carbocycles. The summed E-state index contributed by atoms with van der Waals surface area (Å²) >= 11 is 1.44. The van der Waals surface area contributed by atoms with Crippen molar-refractivity contribution in [1.82, 2.24) is 9.88 Å². The number of alkyl halides is 3. The van der Waals surface area contributed by atoms with Crippen LogP contribution in [-0.2, 0) is 4.79 Å². The molecule has 3 nitrogen and oxygen atoms in total. The van der Waals surface area contributed by atoms with Gasteiger partial charge in [-0.1, -0.05) is 0 Å². The molecule has 0 N–H and O–H groups in total. The molecule has 0 unspecified atom stereocenters. The fraction of sp³-hybridized carbons (Fsp3) is 0.636. The van der Waals surface area contributed by atoms with Gasteiger partial charge in [0.05, 0.1) is 12.5 Å². The minimum atomic E-state index is -4.27. The van der Waals surface area contributed by atoms with Crippen LogP contribution in [0.15, 0.2) is 11.6 Å². The molecule has 2 rings (SSSR count). The normalized spacial score (nSPS) is 20.4. The smallest absolute Gasteiger partial charge is 0.333 e. The SMILES string of the molecule is O=C(CCC(F)(F)F)N1CCC[C@H]1c1nccs1. The predicted molar refractivity (Wildman–Crippen MR) is 61.1 cm³/mol. The number of likely N-dealkylation sites (tertiary alicyclic amines) is 1. The minimum absolute atomic E-state index is 0.134. The van der Waals surface area contributed by atoms with Gasteiger partial charge < -0.3 is 4.90 Å². The van der Waals surface area contributed by atoms with E-state index >= 15 is 0 Å². The van der Waals surface area contributed by atoms with Crippen molar-refractivity contribution in [2.75, 3.05) is 6.54 Å². The maximum Gasteiger partial charge on any atom is 0.389 e. The molecule has 0 aromatic carbocycles. The van der Waals surface area contributed by atoms with Crippen molar-refractivity contribution in [3.05, 3.63) is 16.6 Å². The Bertz CT molecular complexity index is 405. The van der Waals surface area contributed by atoms with Crippen molar-refractivity contribution in [3.8, 4) is 0 Å². The van der Waals surface area contributed by atoms with Crippen molar-refractivity contribution < 1.29 is 18.0 Å². The second-order valence-corrected chi connectivity index (χ2v) is 5.16. The Balaban J connectivity index is 1.97. The van der Waals surface area contributed by atoms with E-state index in [1.54, 1.807) is 6.20 Å². The summed E-state index contributed by atoms with van der Waals surface area (Å²) in [4.78, 5) is 17.5. The molecule has 100 valence electrons. The molecule has 1 aliphatic heterocycles. The molecule has 0 radical (unpaired) electrons. The van der Waals surface area contributed by atoms with Gasteiger partial charge in [-0.2, -0.15) is 13.2 Å². The Kier molecular flexibility index (Phi) is 3.89. The fourth-order valence-electron chi connectivity index (χ4n) is 2.11. The lowest BCUT2D eigenvalue weighted by Crippen LogP contribution is -2.31. The average molecular weight is 278 g/mol. The molecule has 0 spiro atoms. The first-order chi connectivity index (χ1) is 8.47. The van der Waals surface area contributed by atoms with E-state index < -0.39 is 24.9 Å². The highest BCUT2D eigenvalue weighted by atomic mass is 32.1. The van der Waals surface area contributed by atoms with Crippen molar-refractivity contribution in [3.63, 3.8) is 0 Å². The number of rotatable bonds is 3. The van der Waals surface area contributed by atoms with Gasteiger partial charge in [-0.25, -0.2) is 4.98 Å². The minimum Gasteiger partial charge on any atom is -0.333 e. The number of carbonyl (C=O) groups is 1. The first-order valence-electron chi connectivity index (χ1n) is 5.73. The molecule has 7 heteroatoms. The number of amides is 1. The van der Waals surface area contributed by atoms with Crippen LogP contribution >= 0.6 is 11.3 Å². The van der Waals surface area contributed by atoms with E-state index in [4.69, 9.17) is 0 Å². The molecule has 1 aromatic rings. The third kappa shape index (κ3) is 3.22. The summed E-state index contributed by atoms with van der Waals surface area (Å²) in [5.74, 6) is -0.426. The van der Waals surface area contributed by atoms with Crippen LogP contribution in [0.5, 0.6) is 0 Å². The topological polar surface area (TPSA) is 33.2 Å². The first-order valence-corrected chi connectivity index (χ1v) is 6.61. The van der Waals surface area contributed by atoms with E-state index in [-0.39, 0.29) is 6.04 Å². The van der Waals surface area contributed by atoms with Crippen LogP contribution in [0.2, 0.25) is 0 Å². The molecular weight excluding hydrogens is 265 g/mol. The quantitative estimate of drug-likeness (QED) is 0.851. The van der Waals surface area contributed by atoms with Gasteiger partial charge in [0.1, 0.15) is 5.01 Å². The van der Waals surface area contributed by atoms with Gasteiger partial charge in [0.25, 0.3) is 0 Å². The summed E-state index contributed by atoms with van der Waals surface area (Å²) in [6.45, 7) is 0.529. The van der Waals surface area contributed by atoms with Crippen LogP contribution in [-0.4, -0.2) is 28.5 Å². The lowest BCUT2D eigenvalue weighted by atomic mass is 10.2. The van der Waals surface area contributed by atoms with Crippen LogP contribution < -0.4 is 0 Å². The van der Waals surface area contributed by atoms with E-state index in [1.165, 1.54) is 16.2 Å². The Hall–Kier alpha value is -1.11. The maximum atomic E-state index is 12.1. The highest BCUT2D eigenvalue weighted by molar-refractivity contribution is 7.09. The highest BCUT2D eigenvalue weighted by Gasteiger charge is 2.34. The maximum absolute atomic E-state index is 12.1. The standard InChI is InChI=1S/C11H13F3N2OS/c12-11(13,14)4-3-9(17)16-6-1-2-8(16)10-15-5-7-18-10/h5,7-8H,1-4,6H2/t8-/m0/s1. The van der Waals surface area contributed by atoms with Crippen LogP contribution in [0, 0.1) is 0 Å². The van der Waals surface area contributed by atoms with Crippen molar-refractivity contribution >= 4 is 17.2 Å². The van der Waals surface area contributed by atoms with Gasteiger partial charge in [-0.3, -0.25) is 4.79 Å². The molecule has 1 saturated heterocycles. The summed E-state index contributed by atoms with van der Waals surface area (Å²) in [6.07, 6.45) is -2.53. The van der Waals surface area contributed by atoms with Gasteiger partial charge in [0.2, 0.25) is 5.91 Å². The van der Waals surface area contributed by atoms with E-state index in [9.17, 15) is 18.0 Å². The first kappa shape index (κ1) is 13.3. The largest absolute Gasteiger partial charge is 0.389 e. The fourth-order valence-corrected chi connectivity index (χ4v) is 2.90. The number of halogens is 3. The van der Waals surface area contributed by atoms with E-state index in [0.29, 0.717) is 6.54 Å². The molecule has 1 aromatic heterocycles. The van der Waals surface area contributed by atoms with E-state index in [0.717, 1.165) is 17.8 Å². The zero-order valence-electron chi connectivity index (χ0n) is 9.61. The van der Waals surface area contributed by atoms with Crippen molar-refractivity contribution in [2.45, 2.75) is 37.9 Å². The second-order valence-electron chi connectivity index (χ2n) is 4.23. The Morgan fingerprint density at radius 2 is 2.33 bits per heavy atom. The Labute approximate surface area is 107 Å². The molecule has 2 heterocycles. The zero-order valence-corrected chi connectivity index (χ0v) is 10.4. The van der Waals surface area contributed by atoms with Crippen molar-refractivity contribution in [1.29, 1.82) is 0 Å². The van der Waals surface area contributed by atoms with E-state index in [1.807, 2.05) is 5.38 Å². The Morgan fingerprint density at radius 1 is 1.56 bits per heavy atom. The molecule has 18 heavy (non-hydrogen) atoms. The third-order valence-electron chi connectivity index (χ3n) is 2.93. The molecule has 1 atom stereocenters. The highest BCUT2D eigenvalue weighted by Crippen LogP contribution is 2.34. The van der Waals surface area contributed by atoms with Gasteiger partial charge in [-0.05, 0) is 12.8 Å². The second kappa shape index (κ2) is 5.26. The van der Waals surface area contributed by atoms with Crippen LogP contribution in [0.25, 0.3) is 0 Å². The summed E-state index contributed by atoms with van der Waals surface area (Å²) in [5.41, 5.74) is 0. The van der Waals surface area contributed by atoms with Crippen LogP contribution in [0.3, 0.4) is 0 Å². The van der Waals surface area contributed by atoms with Crippen molar-refractivity contribution in [2.24, 2.45) is 0 Å².